The minimum Gasteiger partial charge on any atom is -0.373 e. The van der Waals surface area contributed by atoms with E-state index in [1.807, 2.05) is 6.92 Å². The summed E-state index contributed by atoms with van der Waals surface area (Å²) in [7, 11) is 1.03. The average molecular weight is 288 g/mol. The van der Waals surface area contributed by atoms with Crippen molar-refractivity contribution in [3.05, 3.63) is 0 Å². The number of hydrogen-bond acceptors (Lipinski definition) is 5. The van der Waals surface area contributed by atoms with Crippen molar-refractivity contribution >= 4 is 10.2 Å². The van der Waals surface area contributed by atoms with Gasteiger partial charge in [-0.1, -0.05) is 0 Å². The van der Waals surface area contributed by atoms with Crippen molar-refractivity contribution in [1.29, 1.82) is 0 Å². The summed E-state index contributed by atoms with van der Waals surface area (Å²) in [4.78, 5) is 0. The molecule has 0 aromatic rings. The van der Waals surface area contributed by atoms with Gasteiger partial charge in [-0.15, -0.1) is 0 Å². The van der Waals surface area contributed by atoms with Gasteiger partial charge in [0.1, 0.15) is 0 Å². The Kier molecular flexibility index (Phi) is 4.26. The molecule has 4 unspecified atom stereocenters. The Bertz CT molecular complexity index is 265. The van der Waals surface area contributed by atoms with Gasteiger partial charge in [-0.3, -0.25) is 0 Å². The largest absolute Gasteiger partial charge is 0.373 e. The molecule has 0 aliphatic carbocycles. The molecule has 0 N–H and O–H groups in total. The summed E-state index contributed by atoms with van der Waals surface area (Å²) >= 11 is 0. The Morgan fingerprint density at radius 3 is 1.79 bits per heavy atom. The number of ether oxygens (including phenoxy) is 5. The molecule has 3 aliphatic rings. The van der Waals surface area contributed by atoms with E-state index >= 15 is 0 Å². The molecule has 3 fully saturated rings. The molecule has 3 heterocycles. The van der Waals surface area contributed by atoms with Crippen LogP contribution in [0, 0.1) is 0 Å². The highest BCUT2D eigenvalue weighted by molar-refractivity contribution is 6.08. The molecule has 0 aromatic carbocycles. The zero-order valence-electron chi connectivity index (χ0n) is 11.8. The fourth-order valence-electron chi connectivity index (χ4n) is 2.82. The van der Waals surface area contributed by atoms with Crippen molar-refractivity contribution in [2.45, 2.75) is 56.4 Å². The average Bonchev–Trinajstić information content (AvgIpc) is 3.17. The van der Waals surface area contributed by atoms with E-state index < -0.39 is 0 Å². The van der Waals surface area contributed by atoms with Gasteiger partial charge < -0.3 is 23.7 Å². The third kappa shape index (κ3) is 4.51. The molecular formula is C13H24O5Si. The first-order valence-corrected chi connectivity index (χ1v) is 8.75. The molecule has 3 aliphatic heterocycles. The van der Waals surface area contributed by atoms with E-state index in [4.69, 9.17) is 23.7 Å². The van der Waals surface area contributed by atoms with Crippen molar-refractivity contribution in [2.24, 2.45) is 0 Å². The maximum absolute atomic E-state index is 6.29. The fraction of sp³-hybridized carbons (Fsp3) is 1.00. The van der Waals surface area contributed by atoms with E-state index in [0.717, 1.165) is 55.6 Å². The van der Waals surface area contributed by atoms with Gasteiger partial charge in [-0.2, -0.15) is 0 Å². The van der Waals surface area contributed by atoms with Gasteiger partial charge >= 0.3 is 0 Å². The van der Waals surface area contributed by atoms with Crippen LogP contribution in [-0.4, -0.2) is 66.5 Å². The number of epoxide rings is 3. The third-order valence-corrected chi connectivity index (χ3v) is 4.16. The second-order valence-corrected chi connectivity index (χ2v) is 6.38. The Morgan fingerprint density at radius 1 is 1.05 bits per heavy atom. The molecule has 0 radical (unpaired) electrons. The monoisotopic (exact) mass is 288 g/mol. The lowest BCUT2D eigenvalue weighted by molar-refractivity contribution is -0.206. The topological polar surface area (TPSA) is 56.1 Å². The van der Waals surface area contributed by atoms with Crippen LogP contribution < -0.4 is 0 Å². The van der Waals surface area contributed by atoms with Crippen molar-refractivity contribution in [3.8, 4) is 0 Å². The molecule has 5 nitrogen and oxygen atoms in total. The quantitative estimate of drug-likeness (QED) is 0.316. The first kappa shape index (κ1) is 14.0. The second kappa shape index (κ2) is 5.79. The molecule has 0 bridgehead atoms. The summed E-state index contributed by atoms with van der Waals surface area (Å²) in [6.07, 6.45) is 4.48. The van der Waals surface area contributed by atoms with Crippen LogP contribution in [0.2, 0.25) is 0 Å². The molecule has 3 rings (SSSR count). The molecule has 3 saturated heterocycles. The zero-order chi connectivity index (χ0) is 13.3. The summed E-state index contributed by atoms with van der Waals surface area (Å²) in [6.45, 7) is 4.57. The van der Waals surface area contributed by atoms with Crippen LogP contribution in [0.1, 0.15) is 26.2 Å². The molecule has 19 heavy (non-hydrogen) atoms. The second-order valence-electron chi connectivity index (χ2n) is 5.80. The predicted octanol–water partition coefficient (Wildman–Crippen LogP) is -0.206. The van der Waals surface area contributed by atoms with Crippen LogP contribution in [0.5, 0.6) is 0 Å². The highest BCUT2D eigenvalue weighted by atomic mass is 28.1. The molecule has 110 valence electrons. The zero-order valence-corrected chi connectivity index (χ0v) is 13.8. The summed E-state index contributed by atoms with van der Waals surface area (Å²) in [5.41, 5.74) is -0.209. The predicted molar refractivity (Wildman–Crippen MR) is 72.2 cm³/mol. The van der Waals surface area contributed by atoms with E-state index in [2.05, 4.69) is 0 Å². The highest BCUT2D eigenvalue weighted by Gasteiger charge is 2.47. The minimum atomic E-state index is -0.209. The van der Waals surface area contributed by atoms with Crippen molar-refractivity contribution < 1.29 is 23.7 Å². The lowest BCUT2D eigenvalue weighted by atomic mass is 9.87. The molecule has 6 heteroatoms. The van der Waals surface area contributed by atoms with Gasteiger partial charge in [0.05, 0.1) is 43.7 Å². The fourth-order valence-corrected chi connectivity index (χ4v) is 3.29. The highest BCUT2D eigenvalue weighted by Crippen LogP contribution is 2.40. The van der Waals surface area contributed by atoms with E-state index in [1.54, 1.807) is 0 Å². The van der Waals surface area contributed by atoms with Crippen LogP contribution >= 0.6 is 0 Å². The van der Waals surface area contributed by atoms with Gasteiger partial charge in [-0.25, -0.2) is 0 Å². The van der Waals surface area contributed by atoms with Crippen molar-refractivity contribution in [1.82, 2.24) is 0 Å². The lowest BCUT2D eigenvalue weighted by Gasteiger charge is -2.35. The minimum absolute atomic E-state index is 0.159. The van der Waals surface area contributed by atoms with E-state index in [1.165, 1.54) is 0 Å². The summed E-state index contributed by atoms with van der Waals surface area (Å²) in [5.74, 6) is 0. The van der Waals surface area contributed by atoms with Crippen LogP contribution in [0.15, 0.2) is 0 Å². The molecule has 0 spiro atoms. The Balaban J connectivity index is 1.64. The van der Waals surface area contributed by atoms with Crippen molar-refractivity contribution in [3.63, 3.8) is 0 Å². The standard InChI is InChI=1S/C13H24O5Si/c1-9(17-8-19)18-13(2-10-5-14-10,3-11-6-15-11)4-12-7-16-12/h9-12H,2-8H2,1,19H3. The molecular weight excluding hydrogens is 264 g/mol. The third-order valence-electron chi connectivity index (χ3n) is 3.82. The number of rotatable bonds is 10. The summed E-state index contributed by atoms with van der Waals surface area (Å²) in [5, 5.41) is 0. The molecule has 0 saturated carbocycles. The smallest absolute Gasteiger partial charge is 0.155 e. The molecule has 0 aromatic heterocycles. The Labute approximate surface area is 117 Å². The lowest BCUT2D eigenvalue weighted by Crippen LogP contribution is -2.41. The van der Waals surface area contributed by atoms with Gasteiger partial charge in [0, 0.05) is 35.7 Å². The summed E-state index contributed by atoms with van der Waals surface area (Å²) < 4.78 is 28.2. The Hall–Kier alpha value is 0.0169. The molecule has 0 amide bonds. The maximum atomic E-state index is 6.29. The SMILES string of the molecule is CC(OC[SiH3])OC(CC1CO1)(CC1CO1)CC1CO1. The van der Waals surface area contributed by atoms with Gasteiger partial charge in [-0.05, 0) is 6.92 Å². The Morgan fingerprint density at radius 2 is 1.47 bits per heavy atom. The van der Waals surface area contributed by atoms with Crippen LogP contribution in [0.4, 0.5) is 0 Å². The normalized spacial score (nSPS) is 36.8. The van der Waals surface area contributed by atoms with Crippen LogP contribution in [-0.2, 0) is 23.7 Å². The maximum Gasteiger partial charge on any atom is 0.155 e. The van der Waals surface area contributed by atoms with Gasteiger partial charge in [0.2, 0.25) is 0 Å². The van der Waals surface area contributed by atoms with E-state index in [0.29, 0.717) is 18.3 Å². The summed E-state index contributed by atoms with van der Waals surface area (Å²) in [6, 6.07) is 0. The van der Waals surface area contributed by atoms with Gasteiger partial charge in [0.15, 0.2) is 6.29 Å². The van der Waals surface area contributed by atoms with Crippen LogP contribution in [0.3, 0.4) is 0 Å². The first-order valence-electron chi connectivity index (χ1n) is 7.33. The van der Waals surface area contributed by atoms with Gasteiger partial charge in [0.25, 0.3) is 0 Å². The molecule has 4 atom stereocenters. The first-order chi connectivity index (χ1) is 9.19. The van der Waals surface area contributed by atoms with E-state index in [-0.39, 0.29) is 11.9 Å². The van der Waals surface area contributed by atoms with E-state index in [9.17, 15) is 0 Å². The van der Waals surface area contributed by atoms with Crippen LogP contribution in [0.25, 0.3) is 0 Å². The van der Waals surface area contributed by atoms with Crippen molar-refractivity contribution in [2.75, 3.05) is 26.1 Å². The number of hydrogen-bond donors (Lipinski definition) is 0.